The highest BCUT2D eigenvalue weighted by molar-refractivity contribution is 9.10. The number of aromatic nitrogens is 5. The van der Waals surface area contributed by atoms with Gasteiger partial charge in [-0.1, -0.05) is 26.0 Å². The van der Waals surface area contributed by atoms with Crippen LogP contribution < -0.4 is 15.8 Å². The van der Waals surface area contributed by atoms with E-state index in [1.807, 2.05) is 46.1 Å². The van der Waals surface area contributed by atoms with Crippen LogP contribution in [0.2, 0.25) is 0 Å². The van der Waals surface area contributed by atoms with Crippen molar-refractivity contribution in [1.29, 1.82) is 0 Å². The fraction of sp³-hybridized carbons (Fsp3) is 0.459. The number of amides is 2. The number of nitrogens with zero attached hydrogens (tertiary/aromatic N) is 7. The van der Waals surface area contributed by atoms with Gasteiger partial charge < -0.3 is 25.6 Å². The summed E-state index contributed by atoms with van der Waals surface area (Å²) in [5, 5.41) is 8.23. The number of likely N-dealkylation sites (tertiary alicyclic amines) is 1. The molecular formula is C37H42BrN9O5. The lowest BCUT2D eigenvalue weighted by Crippen LogP contribution is -2.47. The number of ether oxygens (including phenoxy) is 1. The molecule has 4 heterocycles. The number of anilines is 1. The smallest absolute Gasteiger partial charge is 0.330 e. The maximum absolute atomic E-state index is 14.3. The lowest BCUT2D eigenvalue weighted by atomic mass is 9.98. The van der Waals surface area contributed by atoms with Gasteiger partial charge in [0.15, 0.2) is 5.78 Å². The molecule has 1 saturated heterocycles. The highest BCUT2D eigenvalue weighted by Gasteiger charge is 2.67. The van der Waals surface area contributed by atoms with Crippen LogP contribution in [0.15, 0.2) is 47.3 Å². The Labute approximate surface area is 309 Å². The maximum atomic E-state index is 14.3. The van der Waals surface area contributed by atoms with Crippen molar-refractivity contribution in [3.05, 3.63) is 58.6 Å². The van der Waals surface area contributed by atoms with Gasteiger partial charge in [-0.05, 0) is 96.9 Å². The number of hydrogen-bond acceptors (Lipinski definition) is 11. The van der Waals surface area contributed by atoms with Gasteiger partial charge in [0.25, 0.3) is 0 Å². The molecule has 4 atom stereocenters. The molecule has 15 heteroatoms. The Bertz CT molecular complexity index is 2080. The zero-order valence-electron chi connectivity index (χ0n) is 29.8. The third-order valence-electron chi connectivity index (χ3n) is 10.3. The average Bonchev–Trinajstić information content (AvgIpc) is 4.00. The Balaban J connectivity index is 1.14. The van der Waals surface area contributed by atoms with Crippen LogP contribution in [0.3, 0.4) is 0 Å². The molecule has 4 aromatic rings. The minimum Gasteiger partial charge on any atom is -0.390 e. The van der Waals surface area contributed by atoms with Crippen molar-refractivity contribution in [2.24, 2.45) is 17.1 Å². The molecule has 272 valence electrons. The van der Waals surface area contributed by atoms with Gasteiger partial charge in [-0.2, -0.15) is 5.10 Å². The molecular weight excluding hydrogens is 730 g/mol. The molecule has 2 aliphatic carbocycles. The van der Waals surface area contributed by atoms with Gasteiger partial charge in [-0.3, -0.25) is 19.1 Å². The average molecular weight is 773 g/mol. The molecule has 3 N–H and O–H groups in total. The first kappa shape index (κ1) is 35.8. The summed E-state index contributed by atoms with van der Waals surface area (Å²) >= 11 is 3.44. The number of benzene rings is 1. The van der Waals surface area contributed by atoms with Crippen LogP contribution in [0.1, 0.15) is 68.4 Å². The summed E-state index contributed by atoms with van der Waals surface area (Å²) in [5.74, 6) is -0.567. The van der Waals surface area contributed by atoms with Crippen molar-refractivity contribution >= 4 is 56.2 Å². The molecule has 1 aromatic carbocycles. The standard InChI is InChI=1S/C37H42BrN9O5/c1-19(2)31(39)35(51)52-36-40-15-23(16-41-36)22-8-10-26-25(12-22)32(20(3)48)44-46(26)17-30(49)47-27(13-37(14-28(37)47)18-45(4)5)34(50)43-33-24(21-6-7-21)9-11-29(38)42-33/h8-12,15-16,19,21,27-28,31H,6-7,13-14,17-18,39H2,1-5H3,(H,42,43,50)/t27-,28+,31-,37-/m0/s1. The largest absolute Gasteiger partial charge is 0.390 e. The molecule has 0 spiro atoms. The number of ketones is 1. The van der Waals surface area contributed by atoms with Crippen molar-refractivity contribution in [1.82, 2.24) is 34.5 Å². The summed E-state index contributed by atoms with van der Waals surface area (Å²) in [6.07, 6.45) is 6.51. The van der Waals surface area contributed by atoms with Crippen LogP contribution >= 0.6 is 15.9 Å². The fourth-order valence-corrected chi connectivity index (χ4v) is 7.75. The number of piperidine rings is 1. The van der Waals surface area contributed by atoms with E-state index in [2.05, 4.69) is 46.2 Å². The monoisotopic (exact) mass is 771 g/mol. The number of carbonyl (C=O) groups excluding carboxylic acids is 4. The number of pyridine rings is 1. The Morgan fingerprint density at radius 2 is 1.81 bits per heavy atom. The van der Waals surface area contributed by atoms with Gasteiger partial charge in [-0.15, -0.1) is 0 Å². The molecule has 7 rings (SSSR count). The number of hydrogen-bond donors (Lipinski definition) is 2. The second kappa shape index (κ2) is 13.7. The molecule has 3 aliphatic rings. The minimum atomic E-state index is -0.799. The lowest BCUT2D eigenvalue weighted by molar-refractivity contribution is -0.138. The SMILES string of the molecule is CC(=O)c1nn(CC(=O)N2[C@H](C(=O)Nc3nc(Br)ccc3C3CC3)C[C@@]3(CN(C)C)C[C@@H]23)c2ccc(-c3cnc(OC(=O)[C@@H](N)C(C)C)nc3)cc12. The Kier molecular flexibility index (Phi) is 9.46. The highest BCUT2D eigenvalue weighted by Crippen LogP contribution is 2.60. The van der Waals surface area contributed by atoms with Crippen LogP contribution in [0.5, 0.6) is 6.01 Å². The quantitative estimate of drug-likeness (QED) is 0.120. The number of rotatable bonds is 12. The first-order valence-electron chi connectivity index (χ1n) is 17.5. The zero-order chi connectivity index (χ0) is 37.1. The molecule has 52 heavy (non-hydrogen) atoms. The van der Waals surface area contributed by atoms with Gasteiger partial charge in [0.2, 0.25) is 11.8 Å². The van der Waals surface area contributed by atoms with Crippen molar-refractivity contribution in [2.45, 2.75) is 77.0 Å². The van der Waals surface area contributed by atoms with Crippen LogP contribution in [0.25, 0.3) is 22.0 Å². The van der Waals surface area contributed by atoms with Gasteiger partial charge in [0.1, 0.15) is 34.7 Å². The molecule has 0 bridgehead atoms. The molecule has 1 aliphatic heterocycles. The van der Waals surface area contributed by atoms with Crippen LogP contribution in [0.4, 0.5) is 5.82 Å². The third kappa shape index (κ3) is 6.96. The zero-order valence-corrected chi connectivity index (χ0v) is 31.4. The van der Waals surface area contributed by atoms with Gasteiger partial charge in [-0.25, -0.2) is 19.7 Å². The van der Waals surface area contributed by atoms with Gasteiger partial charge >= 0.3 is 12.0 Å². The summed E-state index contributed by atoms with van der Waals surface area (Å²) in [6.45, 7) is 5.68. The van der Waals surface area contributed by atoms with Crippen LogP contribution in [0, 0.1) is 11.3 Å². The Hall–Kier alpha value is -4.60. The van der Waals surface area contributed by atoms with E-state index in [0.717, 1.165) is 31.4 Å². The summed E-state index contributed by atoms with van der Waals surface area (Å²) in [7, 11) is 4.01. The number of nitrogens with two attached hydrogens (primary N) is 1. The van der Waals surface area contributed by atoms with E-state index < -0.39 is 18.1 Å². The number of carbonyl (C=O) groups is 4. The highest BCUT2D eigenvalue weighted by atomic mass is 79.9. The predicted octanol–water partition coefficient (Wildman–Crippen LogP) is 4.18. The summed E-state index contributed by atoms with van der Waals surface area (Å²) < 4.78 is 7.40. The normalized spacial score (nSPS) is 21.4. The maximum Gasteiger partial charge on any atom is 0.330 e. The van der Waals surface area contributed by atoms with E-state index in [-0.39, 0.29) is 53.2 Å². The minimum absolute atomic E-state index is 0.0828. The first-order valence-corrected chi connectivity index (χ1v) is 18.3. The summed E-state index contributed by atoms with van der Waals surface area (Å²) in [5.41, 5.74) is 8.85. The van der Waals surface area contributed by atoms with Crippen molar-refractivity contribution < 1.29 is 23.9 Å². The number of Topliss-reactive ketones (excluding diaryl/α,β-unsaturated/α-hetero) is 1. The van der Waals surface area contributed by atoms with Crippen molar-refractivity contribution in [3.8, 4) is 17.1 Å². The lowest BCUT2D eigenvalue weighted by Gasteiger charge is -2.27. The molecule has 3 aromatic heterocycles. The van der Waals surface area contributed by atoms with Crippen LogP contribution in [-0.2, 0) is 20.9 Å². The van der Waals surface area contributed by atoms with E-state index in [4.69, 9.17) is 10.5 Å². The summed E-state index contributed by atoms with van der Waals surface area (Å²) in [6, 6.07) is 7.64. The van der Waals surface area contributed by atoms with Gasteiger partial charge in [0, 0.05) is 48.3 Å². The molecule has 0 unspecified atom stereocenters. The molecule has 14 nitrogen and oxygen atoms in total. The van der Waals surface area contributed by atoms with Crippen molar-refractivity contribution in [3.63, 3.8) is 0 Å². The van der Waals surface area contributed by atoms with E-state index in [1.54, 1.807) is 21.7 Å². The van der Waals surface area contributed by atoms with E-state index in [0.29, 0.717) is 44.8 Å². The Morgan fingerprint density at radius 3 is 2.46 bits per heavy atom. The van der Waals surface area contributed by atoms with E-state index in [9.17, 15) is 19.2 Å². The number of halogens is 1. The van der Waals surface area contributed by atoms with E-state index >= 15 is 0 Å². The number of nitrogens with one attached hydrogen (secondary N) is 1. The second-order valence-corrected chi connectivity index (χ2v) is 15.7. The fourth-order valence-electron chi connectivity index (χ4n) is 7.44. The van der Waals surface area contributed by atoms with Crippen LogP contribution in [-0.4, -0.2) is 96.9 Å². The number of esters is 1. The molecule has 3 fully saturated rings. The second-order valence-electron chi connectivity index (χ2n) is 14.9. The molecule has 2 amide bonds. The van der Waals surface area contributed by atoms with Crippen molar-refractivity contribution in [2.75, 3.05) is 26.0 Å². The topological polar surface area (TPSA) is 179 Å². The number of fused-ring (bicyclic) bond motifs is 2. The van der Waals surface area contributed by atoms with Gasteiger partial charge in [0.05, 0.1) is 5.52 Å². The molecule has 2 saturated carbocycles. The Morgan fingerprint density at radius 1 is 1.08 bits per heavy atom. The molecule has 0 radical (unpaired) electrons. The summed E-state index contributed by atoms with van der Waals surface area (Å²) in [4.78, 5) is 70.1. The first-order chi connectivity index (χ1) is 24.7. The van der Waals surface area contributed by atoms with E-state index in [1.165, 1.54) is 19.3 Å². The predicted molar refractivity (Wildman–Crippen MR) is 196 cm³/mol. The third-order valence-corrected chi connectivity index (χ3v) is 10.7.